The van der Waals surface area contributed by atoms with Gasteiger partial charge < -0.3 is 14.9 Å². The highest BCUT2D eigenvalue weighted by Crippen LogP contribution is 2.18. The number of ketones is 1. The van der Waals surface area contributed by atoms with Crippen molar-refractivity contribution in [3.05, 3.63) is 17.5 Å². The molecule has 1 heterocycles. The second-order valence-electron chi connectivity index (χ2n) is 5.56. The van der Waals surface area contributed by atoms with Gasteiger partial charge in [0.05, 0.1) is 0 Å². The van der Waals surface area contributed by atoms with Gasteiger partial charge in [-0.25, -0.2) is 4.79 Å². The van der Waals surface area contributed by atoms with Crippen molar-refractivity contribution in [1.82, 2.24) is 10.5 Å². The van der Waals surface area contributed by atoms with E-state index in [0.29, 0.717) is 5.76 Å². The summed E-state index contributed by atoms with van der Waals surface area (Å²) < 4.78 is 4.74. The molecule has 0 aliphatic rings. The molecule has 1 amide bonds. The number of carboxylic acids is 1. The molecule has 0 saturated carbocycles. The zero-order valence-electron chi connectivity index (χ0n) is 11.9. The molecule has 7 nitrogen and oxygen atoms in total. The van der Waals surface area contributed by atoms with Gasteiger partial charge in [-0.15, -0.1) is 0 Å². The Labute approximate surface area is 116 Å². The molecule has 0 saturated heterocycles. The molecule has 0 aromatic carbocycles. The van der Waals surface area contributed by atoms with Gasteiger partial charge in [0.1, 0.15) is 17.6 Å². The van der Waals surface area contributed by atoms with Crippen molar-refractivity contribution >= 4 is 17.7 Å². The zero-order chi connectivity index (χ0) is 15.5. The minimum atomic E-state index is -1.29. The summed E-state index contributed by atoms with van der Waals surface area (Å²) in [5.41, 5.74) is -0.680. The molecule has 20 heavy (non-hydrogen) atoms. The summed E-state index contributed by atoms with van der Waals surface area (Å²) in [6, 6.07) is 0.103. The number of aliphatic carboxylic acids is 1. The van der Waals surface area contributed by atoms with E-state index in [1.54, 1.807) is 27.7 Å². The third kappa shape index (κ3) is 4.18. The normalized spacial score (nSPS) is 12.8. The van der Waals surface area contributed by atoms with Crippen LogP contribution < -0.4 is 5.32 Å². The molecular formula is C13H18N2O5. The van der Waals surface area contributed by atoms with Crippen LogP contribution >= 0.6 is 0 Å². The fourth-order valence-corrected chi connectivity index (χ4v) is 1.40. The summed E-state index contributed by atoms with van der Waals surface area (Å²) in [6.07, 6.45) is -0.276. The second kappa shape index (κ2) is 5.85. The molecule has 1 atom stereocenters. The van der Waals surface area contributed by atoms with Crippen molar-refractivity contribution in [3.63, 3.8) is 0 Å². The predicted molar refractivity (Wildman–Crippen MR) is 69.2 cm³/mol. The van der Waals surface area contributed by atoms with Crippen LogP contribution in [0.3, 0.4) is 0 Å². The molecule has 1 aromatic rings. The standard InChI is InChI=1S/C13H18N2O5/c1-7-5-8(15-20-7)11(17)14-9(12(18)19)6-10(16)13(2,3)4/h5,9H,6H2,1-4H3,(H,14,17)(H,18,19). The Morgan fingerprint density at radius 3 is 2.40 bits per heavy atom. The first-order chi connectivity index (χ1) is 9.11. The summed E-state index contributed by atoms with van der Waals surface area (Å²) in [6.45, 7) is 6.69. The van der Waals surface area contributed by atoms with Gasteiger partial charge in [0.15, 0.2) is 5.69 Å². The van der Waals surface area contributed by atoms with E-state index >= 15 is 0 Å². The van der Waals surface area contributed by atoms with Gasteiger partial charge in [-0.2, -0.15) is 0 Å². The van der Waals surface area contributed by atoms with E-state index in [0.717, 1.165) is 0 Å². The van der Waals surface area contributed by atoms with Crippen molar-refractivity contribution in [2.75, 3.05) is 0 Å². The summed E-state index contributed by atoms with van der Waals surface area (Å²) in [5.74, 6) is -1.76. The maximum Gasteiger partial charge on any atom is 0.326 e. The van der Waals surface area contributed by atoms with Crippen LogP contribution in [0.1, 0.15) is 43.4 Å². The fourth-order valence-electron chi connectivity index (χ4n) is 1.40. The maximum absolute atomic E-state index is 11.9. The molecule has 1 rings (SSSR count). The number of Topliss-reactive ketones (excluding diaryl/α,β-unsaturated/α-hetero) is 1. The van der Waals surface area contributed by atoms with Gasteiger partial charge >= 0.3 is 5.97 Å². The van der Waals surface area contributed by atoms with E-state index in [2.05, 4.69) is 10.5 Å². The van der Waals surface area contributed by atoms with E-state index in [-0.39, 0.29) is 17.9 Å². The minimum Gasteiger partial charge on any atom is -0.480 e. The average Bonchev–Trinajstić information content (AvgIpc) is 2.73. The fraction of sp³-hybridized carbons (Fsp3) is 0.538. The van der Waals surface area contributed by atoms with Crippen molar-refractivity contribution in [3.8, 4) is 0 Å². The lowest BCUT2D eigenvalue weighted by molar-refractivity contribution is -0.142. The predicted octanol–water partition coefficient (Wildman–Crippen LogP) is 1.17. The second-order valence-corrected chi connectivity index (χ2v) is 5.56. The number of aryl methyl sites for hydroxylation is 1. The smallest absolute Gasteiger partial charge is 0.326 e. The summed E-state index contributed by atoms with van der Waals surface area (Å²) >= 11 is 0. The number of rotatable bonds is 5. The van der Waals surface area contributed by atoms with E-state index in [1.807, 2.05) is 0 Å². The SMILES string of the molecule is Cc1cc(C(=O)NC(CC(=O)C(C)(C)C)C(=O)O)no1. The van der Waals surface area contributed by atoms with Crippen LogP contribution in [0.5, 0.6) is 0 Å². The van der Waals surface area contributed by atoms with Crippen LogP contribution in [-0.4, -0.2) is 34.0 Å². The van der Waals surface area contributed by atoms with E-state index in [1.165, 1.54) is 6.07 Å². The summed E-state index contributed by atoms with van der Waals surface area (Å²) in [7, 11) is 0. The van der Waals surface area contributed by atoms with Gasteiger partial charge in [-0.1, -0.05) is 25.9 Å². The number of carboxylic acid groups (broad SMARTS) is 1. The lowest BCUT2D eigenvalue weighted by atomic mass is 9.87. The average molecular weight is 282 g/mol. The monoisotopic (exact) mass is 282 g/mol. The molecule has 0 aliphatic heterocycles. The van der Waals surface area contributed by atoms with Gasteiger partial charge in [0.25, 0.3) is 5.91 Å². The van der Waals surface area contributed by atoms with Crippen LogP contribution in [0.25, 0.3) is 0 Å². The summed E-state index contributed by atoms with van der Waals surface area (Å²) in [5, 5.41) is 14.8. The molecule has 1 aromatic heterocycles. The number of carbonyl (C=O) groups excluding carboxylic acids is 2. The first-order valence-electron chi connectivity index (χ1n) is 6.11. The van der Waals surface area contributed by atoms with Crippen LogP contribution in [0, 0.1) is 12.3 Å². The van der Waals surface area contributed by atoms with Crippen LogP contribution in [0.2, 0.25) is 0 Å². The van der Waals surface area contributed by atoms with Crippen molar-refractivity contribution in [2.24, 2.45) is 5.41 Å². The molecule has 2 N–H and O–H groups in total. The minimum absolute atomic E-state index is 0.0167. The Kier molecular flexibility index (Phi) is 4.65. The van der Waals surface area contributed by atoms with Crippen LogP contribution in [0.4, 0.5) is 0 Å². The van der Waals surface area contributed by atoms with Gasteiger partial charge in [0.2, 0.25) is 0 Å². The Balaban J connectivity index is 2.76. The number of hydrogen-bond acceptors (Lipinski definition) is 5. The molecule has 7 heteroatoms. The molecule has 1 unspecified atom stereocenters. The third-order valence-electron chi connectivity index (χ3n) is 2.69. The molecular weight excluding hydrogens is 264 g/mol. The quantitative estimate of drug-likeness (QED) is 0.839. The first-order valence-corrected chi connectivity index (χ1v) is 6.11. The highest BCUT2D eigenvalue weighted by atomic mass is 16.5. The Hall–Kier alpha value is -2.18. The molecule has 0 spiro atoms. The number of hydrogen-bond donors (Lipinski definition) is 2. The molecule has 0 fully saturated rings. The van der Waals surface area contributed by atoms with Crippen LogP contribution in [0.15, 0.2) is 10.6 Å². The first kappa shape index (κ1) is 15.9. The zero-order valence-corrected chi connectivity index (χ0v) is 11.9. The van der Waals surface area contributed by atoms with Crippen molar-refractivity contribution in [2.45, 2.75) is 40.2 Å². The maximum atomic E-state index is 11.9. The highest BCUT2D eigenvalue weighted by Gasteiger charge is 2.30. The lowest BCUT2D eigenvalue weighted by Crippen LogP contribution is -2.43. The van der Waals surface area contributed by atoms with Gasteiger partial charge in [0, 0.05) is 17.9 Å². The third-order valence-corrected chi connectivity index (χ3v) is 2.69. The molecule has 110 valence electrons. The van der Waals surface area contributed by atoms with E-state index < -0.39 is 23.3 Å². The Bertz CT molecular complexity index is 527. The number of carbonyl (C=O) groups is 3. The van der Waals surface area contributed by atoms with E-state index in [4.69, 9.17) is 9.63 Å². The molecule has 0 radical (unpaired) electrons. The summed E-state index contributed by atoms with van der Waals surface area (Å²) in [4.78, 5) is 34.8. The van der Waals surface area contributed by atoms with Crippen molar-refractivity contribution < 1.29 is 24.0 Å². The number of aromatic nitrogens is 1. The van der Waals surface area contributed by atoms with Gasteiger partial charge in [-0.3, -0.25) is 9.59 Å². The van der Waals surface area contributed by atoms with Gasteiger partial charge in [-0.05, 0) is 6.92 Å². The number of nitrogens with one attached hydrogen (secondary N) is 1. The highest BCUT2D eigenvalue weighted by molar-refractivity contribution is 5.97. The van der Waals surface area contributed by atoms with Crippen LogP contribution in [-0.2, 0) is 9.59 Å². The topological polar surface area (TPSA) is 110 Å². The molecule has 0 bridgehead atoms. The number of nitrogens with zero attached hydrogens (tertiary/aromatic N) is 1. The Morgan fingerprint density at radius 2 is 2.00 bits per heavy atom. The number of amides is 1. The van der Waals surface area contributed by atoms with E-state index in [9.17, 15) is 14.4 Å². The largest absolute Gasteiger partial charge is 0.480 e. The van der Waals surface area contributed by atoms with Crippen molar-refractivity contribution in [1.29, 1.82) is 0 Å². The molecule has 0 aliphatic carbocycles. The lowest BCUT2D eigenvalue weighted by Gasteiger charge is -2.20. The Morgan fingerprint density at radius 1 is 1.40 bits per heavy atom.